The summed E-state index contributed by atoms with van der Waals surface area (Å²) in [6.45, 7) is -0.270. The number of nitrogens with one attached hydrogen (secondary N) is 1. The molecule has 0 aromatic carbocycles. The molecule has 16 heavy (non-hydrogen) atoms. The van der Waals surface area contributed by atoms with Crippen molar-refractivity contribution in [2.75, 3.05) is 26.2 Å². The number of alkyl halides is 3. The number of hydrogen-bond acceptors (Lipinski definition) is 3. The summed E-state index contributed by atoms with van der Waals surface area (Å²) in [5, 5.41) is 8.51. The highest BCUT2D eigenvalue weighted by molar-refractivity contribution is 7.87. The van der Waals surface area contributed by atoms with Gasteiger partial charge in [-0.15, -0.1) is 0 Å². The maximum atomic E-state index is 11.8. The Bertz CT molecular complexity index is 292. The van der Waals surface area contributed by atoms with Gasteiger partial charge in [0.1, 0.15) is 6.54 Å². The van der Waals surface area contributed by atoms with Gasteiger partial charge in [0.05, 0.1) is 0 Å². The van der Waals surface area contributed by atoms with Crippen molar-refractivity contribution in [3.63, 3.8) is 0 Å². The van der Waals surface area contributed by atoms with Crippen LogP contribution >= 0.6 is 0 Å². The summed E-state index contributed by atoms with van der Waals surface area (Å²) in [5.74, 6) is 0. The van der Waals surface area contributed by atoms with Crippen molar-refractivity contribution >= 4 is 10.2 Å². The number of hydrogen-bond donors (Lipinski definition) is 2. The first-order valence-electron chi connectivity index (χ1n) is 4.65. The molecule has 0 aliphatic heterocycles. The maximum absolute atomic E-state index is 11.8. The number of halogens is 3. The van der Waals surface area contributed by atoms with Crippen molar-refractivity contribution < 1.29 is 26.7 Å². The standard InChI is InChI=1S/C7H15F3N2O3S/c1-2-12(4-3-5-13)16(14,15)11-6-7(8,9)10/h11,13H,2-6H2,1H3. The Morgan fingerprint density at radius 1 is 1.38 bits per heavy atom. The van der Waals surface area contributed by atoms with Crippen LogP contribution in [0.15, 0.2) is 0 Å². The Morgan fingerprint density at radius 2 is 1.94 bits per heavy atom. The van der Waals surface area contributed by atoms with Gasteiger partial charge in [0, 0.05) is 19.7 Å². The predicted octanol–water partition coefficient (Wildman–Crippen LogP) is 0.0874. The second kappa shape index (κ2) is 6.38. The molecular weight excluding hydrogens is 249 g/mol. The summed E-state index contributed by atoms with van der Waals surface area (Å²) in [5.41, 5.74) is 0. The second-order valence-electron chi connectivity index (χ2n) is 3.01. The summed E-state index contributed by atoms with van der Waals surface area (Å²) >= 11 is 0. The van der Waals surface area contributed by atoms with Crippen LogP contribution < -0.4 is 4.72 Å². The zero-order valence-electron chi connectivity index (χ0n) is 8.79. The smallest absolute Gasteiger partial charge is 0.396 e. The SMILES string of the molecule is CCN(CCCO)S(=O)(=O)NCC(F)(F)F. The lowest BCUT2D eigenvalue weighted by atomic mass is 10.4. The van der Waals surface area contributed by atoms with Crippen LogP contribution in [0.4, 0.5) is 13.2 Å². The third-order valence-electron chi connectivity index (χ3n) is 1.71. The monoisotopic (exact) mass is 264 g/mol. The van der Waals surface area contributed by atoms with Gasteiger partial charge < -0.3 is 5.11 Å². The minimum absolute atomic E-state index is 0.0137. The minimum atomic E-state index is -4.58. The Labute approximate surface area is 92.4 Å². The molecular formula is C7H15F3N2O3S. The van der Waals surface area contributed by atoms with Crippen molar-refractivity contribution in [2.45, 2.75) is 19.5 Å². The molecule has 0 saturated heterocycles. The van der Waals surface area contributed by atoms with Crippen LogP contribution in [0.1, 0.15) is 13.3 Å². The van der Waals surface area contributed by atoms with Gasteiger partial charge in [-0.1, -0.05) is 6.92 Å². The minimum Gasteiger partial charge on any atom is -0.396 e. The molecule has 0 rings (SSSR count). The molecule has 0 spiro atoms. The summed E-state index contributed by atoms with van der Waals surface area (Å²) in [6, 6.07) is 0. The Morgan fingerprint density at radius 3 is 2.31 bits per heavy atom. The van der Waals surface area contributed by atoms with E-state index in [-0.39, 0.29) is 26.1 Å². The van der Waals surface area contributed by atoms with Crippen LogP contribution in [-0.2, 0) is 10.2 Å². The summed E-state index contributed by atoms with van der Waals surface area (Å²) in [4.78, 5) is 0. The largest absolute Gasteiger partial charge is 0.402 e. The van der Waals surface area contributed by atoms with Gasteiger partial charge in [0.25, 0.3) is 10.2 Å². The van der Waals surface area contributed by atoms with Gasteiger partial charge >= 0.3 is 6.18 Å². The fourth-order valence-corrected chi connectivity index (χ4v) is 2.20. The normalized spacial score (nSPS) is 13.4. The van der Waals surface area contributed by atoms with Crippen LogP contribution in [0.25, 0.3) is 0 Å². The summed E-state index contributed by atoms with van der Waals surface area (Å²) < 4.78 is 60.4. The highest BCUT2D eigenvalue weighted by Crippen LogP contribution is 2.13. The topological polar surface area (TPSA) is 69.6 Å². The van der Waals surface area contributed by atoms with Crippen molar-refractivity contribution in [1.29, 1.82) is 0 Å². The average molecular weight is 264 g/mol. The molecule has 9 heteroatoms. The van der Waals surface area contributed by atoms with E-state index in [4.69, 9.17) is 5.11 Å². The van der Waals surface area contributed by atoms with Crippen LogP contribution in [0.2, 0.25) is 0 Å². The molecule has 0 saturated carbocycles. The van der Waals surface area contributed by atoms with Crippen LogP contribution in [-0.4, -0.2) is 50.2 Å². The second-order valence-corrected chi connectivity index (χ2v) is 4.77. The Kier molecular flexibility index (Phi) is 6.23. The molecule has 0 aromatic rings. The van der Waals surface area contributed by atoms with E-state index in [0.29, 0.717) is 0 Å². The average Bonchev–Trinajstić information content (AvgIpc) is 2.15. The Hall–Kier alpha value is -0.380. The van der Waals surface area contributed by atoms with Gasteiger partial charge in [-0.2, -0.15) is 30.6 Å². The molecule has 0 aliphatic carbocycles. The number of nitrogens with zero attached hydrogens (tertiary/aromatic N) is 1. The highest BCUT2D eigenvalue weighted by atomic mass is 32.2. The van der Waals surface area contributed by atoms with Crippen molar-refractivity contribution in [3.8, 4) is 0 Å². The first-order valence-corrected chi connectivity index (χ1v) is 6.09. The number of aliphatic hydroxyl groups excluding tert-OH is 1. The first-order chi connectivity index (χ1) is 7.23. The van der Waals surface area contributed by atoms with Gasteiger partial charge in [-0.05, 0) is 6.42 Å². The van der Waals surface area contributed by atoms with E-state index in [1.165, 1.54) is 11.6 Å². The molecule has 0 fully saturated rings. The third-order valence-corrected chi connectivity index (χ3v) is 3.34. The molecule has 0 radical (unpaired) electrons. The van der Waals surface area contributed by atoms with E-state index in [9.17, 15) is 21.6 Å². The molecule has 0 aliphatic rings. The lowest BCUT2D eigenvalue weighted by Gasteiger charge is -2.20. The van der Waals surface area contributed by atoms with Gasteiger partial charge in [0.2, 0.25) is 0 Å². The number of aliphatic hydroxyl groups is 1. The fourth-order valence-electron chi connectivity index (χ4n) is 0.960. The highest BCUT2D eigenvalue weighted by Gasteiger charge is 2.31. The first kappa shape index (κ1) is 15.6. The van der Waals surface area contributed by atoms with Gasteiger partial charge in [0.15, 0.2) is 0 Å². The van der Waals surface area contributed by atoms with Crippen LogP contribution in [0, 0.1) is 0 Å². The zero-order chi connectivity index (χ0) is 12.8. The molecule has 0 unspecified atom stereocenters. The summed E-state index contributed by atoms with van der Waals surface area (Å²) in [7, 11) is -4.13. The third kappa shape index (κ3) is 6.26. The maximum Gasteiger partial charge on any atom is 0.402 e. The predicted molar refractivity (Wildman–Crippen MR) is 51.9 cm³/mol. The molecule has 0 heterocycles. The van der Waals surface area contributed by atoms with Crippen LogP contribution in [0.5, 0.6) is 0 Å². The van der Waals surface area contributed by atoms with Crippen LogP contribution in [0.3, 0.4) is 0 Å². The van der Waals surface area contributed by atoms with E-state index in [0.717, 1.165) is 4.31 Å². The van der Waals surface area contributed by atoms with E-state index < -0.39 is 22.9 Å². The quantitative estimate of drug-likeness (QED) is 0.684. The molecule has 0 amide bonds. The lowest BCUT2D eigenvalue weighted by Crippen LogP contribution is -2.44. The molecule has 0 atom stereocenters. The molecule has 2 N–H and O–H groups in total. The molecule has 0 bridgehead atoms. The molecule has 98 valence electrons. The lowest BCUT2D eigenvalue weighted by molar-refractivity contribution is -0.121. The van der Waals surface area contributed by atoms with E-state index in [1.54, 1.807) is 0 Å². The Balaban J connectivity index is 4.38. The molecule has 5 nitrogen and oxygen atoms in total. The van der Waals surface area contributed by atoms with E-state index in [1.807, 2.05) is 0 Å². The van der Waals surface area contributed by atoms with Crippen molar-refractivity contribution in [2.24, 2.45) is 0 Å². The van der Waals surface area contributed by atoms with Crippen molar-refractivity contribution in [1.82, 2.24) is 9.03 Å². The van der Waals surface area contributed by atoms with Gasteiger partial charge in [-0.25, -0.2) is 0 Å². The number of rotatable bonds is 7. The molecule has 0 aromatic heterocycles. The van der Waals surface area contributed by atoms with E-state index >= 15 is 0 Å². The zero-order valence-corrected chi connectivity index (χ0v) is 9.61. The fraction of sp³-hybridized carbons (Fsp3) is 1.00. The summed E-state index contributed by atoms with van der Waals surface area (Å²) in [6.07, 6.45) is -4.40. The van der Waals surface area contributed by atoms with Gasteiger partial charge in [-0.3, -0.25) is 0 Å². The van der Waals surface area contributed by atoms with Crippen molar-refractivity contribution in [3.05, 3.63) is 0 Å². The van der Waals surface area contributed by atoms with E-state index in [2.05, 4.69) is 0 Å².